The van der Waals surface area contributed by atoms with Crippen LogP contribution in [0.5, 0.6) is 11.5 Å². The molecule has 0 aromatic heterocycles. The molecule has 0 saturated carbocycles. The number of sulfonamides is 1. The van der Waals surface area contributed by atoms with Crippen LogP contribution in [0.15, 0.2) is 71.6 Å². The summed E-state index contributed by atoms with van der Waals surface area (Å²) in [5.74, 6) is -0.329. The van der Waals surface area contributed by atoms with E-state index in [4.69, 9.17) is 9.47 Å². The molecule has 1 aliphatic rings. The van der Waals surface area contributed by atoms with E-state index in [9.17, 15) is 18.3 Å². The summed E-state index contributed by atoms with van der Waals surface area (Å²) in [4.78, 5) is 11.9. The summed E-state index contributed by atoms with van der Waals surface area (Å²) in [6.07, 6.45) is -0.427. The van der Waals surface area contributed by atoms with Crippen molar-refractivity contribution < 1.29 is 27.8 Å². The third-order valence-corrected chi connectivity index (χ3v) is 8.10. The highest BCUT2D eigenvalue weighted by atomic mass is 32.2. The summed E-state index contributed by atoms with van der Waals surface area (Å²) in [6.45, 7) is 4.13. The highest BCUT2D eigenvalue weighted by Gasteiger charge is 2.33. The molecule has 8 heteroatoms. The molecule has 3 aromatic rings. The Morgan fingerprint density at radius 3 is 2.60 bits per heavy atom. The van der Waals surface area contributed by atoms with Crippen molar-refractivity contribution >= 4 is 16.0 Å². The van der Waals surface area contributed by atoms with Gasteiger partial charge in [0.2, 0.25) is 10.0 Å². The zero-order valence-corrected chi connectivity index (χ0v) is 20.8. The normalized spacial score (nSPS) is 18.1. The van der Waals surface area contributed by atoms with E-state index in [1.165, 1.54) is 4.31 Å². The third kappa shape index (κ3) is 5.33. The average Bonchev–Trinajstić information content (AvgIpc) is 2.92. The lowest BCUT2D eigenvalue weighted by atomic mass is 9.87. The number of benzene rings is 3. The van der Waals surface area contributed by atoms with E-state index in [1.807, 2.05) is 56.3 Å². The zero-order chi connectivity index (χ0) is 25.2. The number of carbonyl (C=O) groups is 1. The van der Waals surface area contributed by atoms with Crippen LogP contribution in [0.2, 0.25) is 0 Å². The molecule has 0 bridgehead atoms. The van der Waals surface area contributed by atoms with Crippen LogP contribution in [0.25, 0.3) is 0 Å². The maximum atomic E-state index is 13.5. The van der Waals surface area contributed by atoms with Gasteiger partial charge >= 0.3 is 5.97 Å². The first-order valence-corrected chi connectivity index (χ1v) is 12.8. The summed E-state index contributed by atoms with van der Waals surface area (Å²) < 4.78 is 39.6. The zero-order valence-electron chi connectivity index (χ0n) is 20.0. The van der Waals surface area contributed by atoms with E-state index in [1.54, 1.807) is 31.4 Å². The minimum atomic E-state index is -3.78. The van der Waals surface area contributed by atoms with Crippen LogP contribution in [-0.4, -0.2) is 43.6 Å². The molecule has 3 aromatic carbocycles. The van der Waals surface area contributed by atoms with E-state index in [0.717, 1.165) is 22.3 Å². The van der Waals surface area contributed by atoms with E-state index < -0.39 is 21.9 Å². The highest BCUT2D eigenvalue weighted by molar-refractivity contribution is 7.89. The largest absolute Gasteiger partial charge is 0.497 e. The number of carboxylic acids is 1. The Morgan fingerprint density at radius 2 is 1.86 bits per heavy atom. The maximum Gasteiger partial charge on any atom is 0.304 e. The third-order valence-electron chi connectivity index (χ3n) is 6.25. The van der Waals surface area contributed by atoms with Gasteiger partial charge in [0.1, 0.15) is 22.5 Å². The molecule has 0 fully saturated rings. The molecule has 0 aliphatic carbocycles. The second-order valence-electron chi connectivity index (χ2n) is 8.79. The number of aryl methyl sites for hydroxylation is 1. The molecule has 4 rings (SSSR count). The first-order chi connectivity index (χ1) is 16.7. The fourth-order valence-electron chi connectivity index (χ4n) is 4.42. The van der Waals surface area contributed by atoms with Gasteiger partial charge in [-0.05, 0) is 60.4 Å². The van der Waals surface area contributed by atoms with Gasteiger partial charge in [-0.3, -0.25) is 4.79 Å². The van der Waals surface area contributed by atoms with E-state index in [-0.39, 0.29) is 30.5 Å². The predicted octanol–water partition coefficient (Wildman–Crippen LogP) is 4.58. The Kier molecular flexibility index (Phi) is 7.14. The van der Waals surface area contributed by atoms with Gasteiger partial charge < -0.3 is 14.6 Å². The smallest absolute Gasteiger partial charge is 0.304 e. The minimum Gasteiger partial charge on any atom is -0.497 e. The van der Waals surface area contributed by atoms with Gasteiger partial charge in [-0.1, -0.05) is 42.5 Å². The fraction of sp³-hybridized carbons (Fsp3) is 0.296. The lowest BCUT2D eigenvalue weighted by Gasteiger charge is -2.24. The number of rotatable bonds is 7. The Bertz CT molecular complexity index is 1340. The van der Waals surface area contributed by atoms with E-state index in [2.05, 4.69) is 0 Å². The number of aliphatic carboxylic acids is 1. The predicted molar refractivity (Wildman–Crippen MR) is 132 cm³/mol. The summed E-state index contributed by atoms with van der Waals surface area (Å²) in [5, 5.41) is 9.61. The van der Waals surface area contributed by atoms with Gasteiger partial charge in [0.15, 0.2) is 0 Å². The van der Waals surface area contributed by atoms with E-state index in [0.29, 0.717) is 11.5 Å². The van der Waals surface area contributed by atoms with Crippen molar-refractivity contribution in [3.8, 4) is 11.5 Å². The number of nitrogens with zero attached hydrogens (tertiary/aromatic N) is 1. The average molecular weight is 496 g/mol. The number of para-hydroxylation sites is 1. The van der Waals surface area contributed by atoms with Crippen LogP contribution >= 0.6 is 0 Å². The van der Waals surface area contributed by atoms with Gasteiger partial charge in [-0.25, -0.2) is 8.42 Å². The Balaban J connectivity index is 1.72. The van der Waals surface area contributed by atoms with Crippen molar-refractivity contribution in [3.63, 3.8) is 0 Å². The van der Waals surface area contributed by atoms with Crippen LogP contribution in [0.1, 0.15) is 41.5 Å². The first-order valence-electron chi connectivity index (χ1n) is 11.4. The highest BCUT2D eigenvalue weighted by Crippen LogP contribution is 2.34. The van der Waals surface area contributed by atoms with Crippen LogP contribution < -0.4 is 9.47 Å². The number of carboxylic acid groups (broad SMARTS) is 1. The van der Waals surface area contributed by atoms with Crippen molar-refractivity contribution in [2.24, 2.45) is 0 Å². The van der Waals surface area contributed by atoms with Crippen molar-refractivity contribution in [2.45, 2.75) is 43.7 Å². The molecule has 35 heavy (non-hydrogen) atoms. The van der Waals surface area contributed by atoms with Gasteiger partial charge in [-0.2, -0.15) is 4.31 Å². The summed E-state index contributed by atoms with van der Waals surface area (Å²) in [6, 6.07) is 19.8. The van der Waals surface area contributed by atoms with Gasteiger partial charge in [0.05, 0.1) is 20.1 Å². The van der Waals surface area contributed by atoms with Crippen molar-refractivity contribution in [2.75, 3.05) is 13.7 Å². The monoisotopic (exact) mass is 495 g/mol. The first kappa shape index (κ1) is 24.8. The quantitative estimate of drug-likeness (QED) is 0.516. The molecular formula is C27H29NO6S. The summed E-state index contributed by atoms with van der Waals surface area (Å²) >= 11 is 0. The summed E-state index contributed by atoms with van der Waals surface area (Å²) in [7, 11) is -2.21. The Hall–Kier alpha value is -3.36. The van der Waals surface area contributed by atoms with Crippen LogP contribution in [-0.2, 0) is 21.4 Å². The molecule has 1 unspecified atom stereocenters. The summed E-state index contributed by atoms with van der Waals surface area (Å²) in [5.41, 5.74) is 3.36. The number of hydrogen-bond donors (Lipinski definition) is 1. The van der Waals surface area contributed by atoms with Crippen molar-refractivity contribution in [1.29, 1.82) is 0 Å². The fourth-order valence-corrected chi connectivity index (χ4v) is 6.03. The number of methoxy groups -OCH3 is 1. The molecule has 184 valence electrons. The van der Waals surface area contributed by atoms with Crippen molar-refractivity contribution in [3.05, 3.63) is 89.0 Å². The van der Waals surface area contributed by atoms with Gasteiger partial charge in [-0.15, -0.1) is 0 Å². The number of hydrogen-bond acceptors (Lipinski definition) is 5. The molecule has 1 aliphatic heterocycles. The van der Waals surface area contributed by atoms with Gasteiger partial charge in [0, 0.05) is 12.5 Å². The van der Waals surface area contributed by atoms with Gasteiger partial charge in [0.25, 0.3) is 0 Å². The van der Waals surface area contributed by atoms with Crippen LogP contribution in [0.3, 0.4) is 0 Å². The molecule has 0 spiro atoms. The van der Waals surface area contributed by atoms with Crippen LogP contribution in [0, 0.1) is 6.92 Å². The topological polar surface area (TPSA) is 93.1 Å². The van der Waals surface area contributed by atoms with Crippen LogP contribution in [0.4, 0.5) is 0 Å². The minimum absolute atomic E-state index is 0.101. The molecule has 0 radical (unpaired) electrons. The standard InChI is InChI=1S/C27H29NO6S/c1-18-11-12-21(24(15-27(29)30)20-7-6-8-23(14-20)33-3)13-22(18)17-28-16-19(2)34-25-9-4-5-10-26(25)35(28,31)32/h4-14,19,24H,15-17H2,1-3H3,(H,29,30)/t19-,24?/m1/s1. The maximum absolute atomic E-state index is 13.5. The molecule has 0 saturated heterocycles. The lowest BCUT2D eigenvalue weighted by Crippen LogP contribution is -2.35. The molecule has 0 amide bonds. The SMILES string of the molecule is COc1cccc(C(CC(=O)O)c2ccc(C)c(CN3C[C@@H](C)Oc4ccccc4S3(=O)=O)c2)c1. The molecule has 7 nitrogen and oxygen atoms in total. The lowest BCUT2D eigenvalue weighted by molar-refractivity contribution is -0.137. The Labute approximate surface area is 206 Å². The van der Waals surface area contributed by atoms with Crippen molar-refractivity contribution in [1.82, 2.24) is 4.31 Å². The second-order valence-corrected chi connectivity index (χ2v) is 10.7. The van der Waals surface area contributed by atoms with E-state index >= 15 is 0 Å². The molecule has 2 atom stereocenters. The second kappa shape index (κ2) is 10.1. The molecular weight excluding hydrogens is 466 g/mol. The number of ether oxygens (including phenoxy) is 2. The molecule has 1 heterocycles. The molecule has 1 N–H and O–H groups in total. The Morgan fingerprint density at radius 1 is 1.11 bits per heavy atom. The number of fused-ring (bicyclic) bond motifs is 1.